The minimum Gasteiger partial charge on any atom is -0.437 e. The standard InChI is InChI=1S/C18H13FN4OS/c1-10-16(11(2)21-8-20-10)13-4-3-12(7-14(13)19)24-18-17-15(5-6-25-17)22-9-23-18/h3-9H,1-2H3. The van der Waals surface area contributed by atoms with Crippen molar-refractivity contribution in [2.45, 2.75) is 13.8 Å². The molecule has 0 N–H and O–H groups in total. The number of fused-ring (bicyclic) bond motifs is 1. The van der Waals surface area contributed by atoms with Crippen molar-refractivity contribution in [1.82, 2.24) is 19.9 Å². The van der Waals surface area contributed by atoms with Gasteiger partial charge in [-0.1, -0.05) is 0 Å². The number of halogens is 1. The van der Waals surface area contributed by atoms with Gasteiger partial charge in [0.1, 0.15) is 28.9 Å². The Morgan fingerprint density at radius 2 is 1.72 bits per heavy atom. The fourth-order valence-corrected chi connectivity index (χ4v) is 3.47. The Labute approximate surface area is 147 Å². The maximum Gasteiger partial charge on any atom is 0.240 e. The highest BCUT2D eigenvalue weighted by Crippen LogP contribution is 2.33. The molecule has 0 aliphatic rings. The van der Waals surface area contributed by atoms with Gasteiger partial charge in [0.05, 0.1) is 5.52 Å². The number of benzene rings is 1. The molecule has 0 bridgehead atoms. The second kappa shape index (κ2) is 6.18. The number of ether oxygens (including phenoxy) is 1. The number of hydrogen-bond donors (Lipinski definition) is 0. The predicted octanol–water partition coefficient (Wildman–Crippen LogP) is 4.70. The van der Waals surface area contributed by atoms with Crippen molar-refractivity contribution in [3.63, 3.8) is 0 Å². The average Bonchev–Trinajstić information content (AvgIpc) is 3.06. The van der Waals surface area contributed by atoms with Crippen LogP contribution in [-0.2, 0) is 0 Å². The van der Waals surface area contributed by atoms with Crippen molar-refractivity contribution in [3.8, 4) is 22.8 Å². The van der Waals surface area contributed by atoms with Crippen molar-refractivity contribution in [3.05, 3.63) is 59.5 Å². The normalized spacial score (nSPS) is 11.0. The molecule has 0 fully saturated rings. The summed E-state index contributed by atoms with van der Waals surface area (Å²) >= 11 is 1.48. The van der Waals surface area contributed by atoms with Crippen molar-refractivity contribution in [2.75, 3.05) is 0 Å². The largest absolute Gasteiger partial charge is 0.437 e. The number of aromatic nitrogens is 4. The van der Waals surface area contributed by atoms with E-state index in [9.17, 15) is 4.39 Å². The van der Waals surface area contributed by atoms with E-state index in [2.05, 4.69) is 19.9 Å². The lowest BCUT2D eigenvalue weighted by Crippen LogP contribution is -1.97. The molecule has 1 aromatic carbocycles. The molecule has 0 unspecified atom stereocenters. The first kappa shape index (κ1) is 15.6. The Bertz CT molecular complexity index is 1060. The van der Waals surface area contributed by atoms with E-state index in [1.807, 2.05) is 25.3 Å². The summed E-state index contributed by atoms with van der Waals surface area (Å²) in [5.41, 5.74) is 3.42. The Kier molecular flexibility index (Phi) is 3.85. The van der Waals surface area contributed by atoms with Crippen LogP contribution in [0.1, 0.15) is 11.4 Å². The quantitative estimate of drug-likeness (QED) is 0.535. The molecule has 3 aromatic heterocycles. The third-order valence-electron chi connectivity index (χ3n) is 3.86. The van der Waals surface area contributed by atoms with Gasteiger partial charge < -0.3 is 4.74 Å². The topological polar surface area (TPSA) is 60.8 Å². The molecule has 0 saturated heterocycles. The van der Waals surface area contributed by atoms with Crippen LogP contribution in [0.2, 0.25) is 0 Å². The Hall–Kier alpha value is -2.93. The molecular weight excluding hydrogens is 339 g/mol. The van der Waals surface area contributed by atoms with E-state index < -0.39 is 5.82 Å². The van der Waals surface area contributed by atoms with Crippen LogP contribution in [0.3, 0.4) is 0 Å². The molecule has 5 nitrogen and oxygen atoms in total. The molecule has 7 heteroatoms. The maximum absolute atomic E-state index is 14.7. The molecule has 0 amide bonds. The van der Waals surface area contributed by atoms with E-state index in [0.717, 1.165) is 21.6 Å². The molecule has 0 radical (unpaired) electrons. The van der Waals surface area contributed by atoms with Crippen LogP contribution in [0.25, 0.3) is 21.3 Å². The van der Waals surface area contributed by atoms with Gasteiger partial charge in [-0.05, 0) is 37.4 Å². The second-order valence-electron chi connectivity index (χ2n) is 5.48. The lowest BCUT2D eigenvalue weighted by atomic mass is 10.0. The Morgan fingerprint density at radius 1 is 0.960 bits per heavy atom. The Morgan fingerprint density at radius 3 is 2.48 bits per heavy atom. The number of rotatable bonds is 3. The zero-order chi connectivity index (χ0) is 17.4. The fourth-order valence-electron chi connectivity index (χ4n) is 2.70. The highest BCUT2D eigenvalue weighted by molar-refractivity contribution is 7.17. The Balaban J connectivity index is 1.72. The third kappa shape index (κ3) is 2.83. The monoisotopic (exact) mass is 352 g/mol. The summed E-state index contributed by atoms with van der Waals surface area (Å²) in [6.07, 6.45) is 2.91. The van der Waals surface area contributed by atoms with E-state index in [0.29, 0.717) is 22.8 Å². The fraction of sp³-hybridized carbons (Fsp3) is 0.111. The van der Waals surface area contributed by atoms with Crippen LogP contribution in [0, 0.1) is 19.7 Å². The number of nitrogens with zero attached hydrogens (tertiary/aromatic N) is 4. The van der Waals surface area contributed by atoms with Crippen molar-refractivity contribution >= 4 is 21.6 Å². The molecule has 0 atom stereocenters. The molecule has 124 valence electrons. The van der Waals surface area contributed by atoms with E-state index >= 15 is 0 Å². The van der Waals surface area contributed by atoms with Gasteiger partial charge in [0.25, 0.3) is 0 Å². The first-order chi connectivity index (χ1) is 12.1. The highest BCUT2D eigenvalue weighted by Gasteiger charge is 2.14. The summed E-state index contributed by atoms with van der Waals surface area (Å²) in [6, 6.07) is 6.63. The lowest BCUT2D eigenvalue weighted by Gasteiger charge is -2.11. The summed E-state index contributed by atoms with van der Waals surface area (Å²) < 4.78 is 21.3. The number of aryl methyl sites for hydroxylation is 2. The van der Waals surface area contributed by atoms with Crippen molar-refractivity contribution < 1.29 is 9.13 Å². The molecule has 4 aromatic rings. The molecule has 0 aliphatic carbocycles. The van der Waals surface area contributed by atoms with E-state index in [1.165, 1.54) is 30.1 Å². The van der Waals surface area contributed by atoms with Gasteiger partial charge in [-0.25, -0.2) is 24.3 Å². The maximum atomic E-state index is 14.7. The van der Waals surface area contributed by atoms with Crippen molar-refractivity contribution in [2.24, 2.45) is 0 Å². The minimum absolute atomic E-state index is 0.377. The summed E-state index contributed by atoms with van der Waals surface area (Å²) in [6.45, 7) is 3.67. The molecule has 4 rings (SSSR count). The lowest BCUT2D eigenvalue weighted by molar-refractivity contribution is 0.464. The molecule has 0 spiro atoms. The summed E-state index contributed by atoms with van der Waals surface area (Å²) in [5.74, 6) is 0.402. The van der Waals surface area contributed by atoms with Gasteiger partial charge >= 0.3 is 0 Å². The van der Waals surface area contributed by atoms with Gasteiger partial charge in [0.2, 0.25) is 5.88 Å². The number of thiophene rings is 1. The van der Waals surface area contributed by atoms with E-state index in [-0.39, 0.29) is 0 Å². The predicted molar refractivity (Wildman–Crippen MR) is 94.4 cm³/mol. The van der Waals surface area contributed by atoms with Crippen LogP contribution in [0.4, 0.5) is 4.39 Å². The zero-order valence-electron chi connectivity index (χ0n) is 13.5. The van der Waals surface area contributed by atoms with Gasteiger partial charge in [-0.2, -0.15) is 0 Å². The van der Waals surface area contributed by atoms with Gasteiger partial charge in [0.15, 0.2) is 0 Å². The summed E-state index contributed by atoms with van der Waals surface area (Å²) in [7, 11) is 0. The first-order valence-corrected chi connectivity index (χ1v) is 8.45. The van der Waals surface area contributed by atoms with Gasteiger partial charge in [-0.3, -0.25) is 0 Å². The van der Waals surface area contributed by atoms with E-state index in [4.69, 9.17) is 4.74 Å². The molecule has 0 aliphatic heterocycles. The highest BCUT2D eigenvalue weighted by atomic mass is 32.1. The molecule has 3 heterocycles. The average molecular weight is 352 g/mol. The summed E-state index contributed by atoms with van der Waals surface area (Å²) in [5, 5.41) is 1.91. The van der Waals surface area contributed by atoms with Crippen molar-refractivity contribution in [1.29, 1.82) is 0 Å². The van der Waals surface area contributed by atoms with Crippen LogP contribution in [0.15, 0.2) is 42.3 Å². The number of hydrogen-bond acceptors (Lipinski definition) is 6. The second-order valence-corrected chi connectivity index (χ2v) is 6.39. The van der Waals surface area contributed by atoms with Crippen LogP contribution in [-0.4, -0.2) is 19.9 Å². The van der Waals surface area contributed by atoms with Crippen LogP contribution in [0.5, 0.6) is 11.6 Å². The molecule has 25 heavy (non-hydrogen) atoms. The SMILES string of the molecule is Cc1ncnc(C)c1-c1ccc(Oc2ncnc3ccsc23)cc1F. The van der Waals surface area contributed by atoms with Crippen LogP contribution >= 0.6 is 11.3 Å². The third-order valence-corrected chi connectivity index (χ3v) is 4.75. The van der Waals surface area contributed by atoms with Gasteiger partial charge in [0, 0.05) is 28.6 Å². The molecule has 0 saturated carbocycles. The van der Waals surface area contributed by atoms with Crippen LogP contribution < -0.4 is 4.74 Å². The summed E-state index contributed by atoms with van der Waals surface area (Å²) in [4.78, 5) is 16.6. The van der Waals surface area contributed by atoms with E-state index in [1.54, 1.807) is 12.1 Å². The molecular formula is C18H13FN4OS. The first-order valence-electron chi connectivity index (χ1n) is 7.57. The minimum atomic E-state index is -0.394. The zero-order valence-corrected chi connectivity index (χ0v) is 14.3. The smallest absolute Gasteiger partial charge is 0.240 e. The van der Waals surface area contributed by atoms with Gasteiger partial charge in [-0.15, -0.1) is 11.3 Å².